The molecule has 1 saturated heterocycles. The van der Waals surface area contributed by atoms with E-state index >= 15 is 0 Å². The van der Waals surface area contributed by atoms with Crippen molar-refractivity contribution in [2.24, 2.45) is 0 Å². The van der Waals surface area contributed by atoms with Crippen LogP contribution in [0.1, 0.15) is 11.1 Å². The zero-order chi connectivity index (χ0) is 21.4. The number of rotatable bonds is 4. The molecule has 2 aliphatic heterocycles. The highest BCUT2D eigenvalue weighted by Gasteiger charge is 2.44. The molecule has 7 heteroatoms. The lowest BCUT2D eigenvalue weighted by molar-refractivity contribution is -0.120. The number of carbonyl (C=O) groups is 2. The Morgan fingerprint density at radius 1 is 0.933 bits per heavy atom. The third-order valence-electron chi connectivity index (χ3n) is 5.74. The largest absolute Gasteiger partial charge is 0.496 e. The van der Waals surface area contributed by atoms with Gasteiger partial charge in [0, 0.05) is 36.8 Å². The molecule has 0 unspecified atom stereocenters. The van der Waals surface area contributed by atoms with Crippen molar-refractivity contribution < 1.29 is 14.3 Å². The molecular weight excluding hydrogens is 402 g/mol. The van der Waals surface area contributed by atoms with Crippen molar-refractivity contribution in [3.63, 3.8) is 0 Å². The summed E-state index contributed by atoms with van der Waals surface area (Å²) >= 11 is 6.29. The van der Waals surface area contributed by atoms with E-state index in [2.05, 4.69) is 11.9 Å². The molecule has 6 nitrogen and oxygen atoms in total. The number of hydrogen-bond donors (Lipinski definition) is 0. The van der Waals surface area contributed by atoms with Crippen molar-refractivity contribution in [1.82, 2.24) is 9.80 Å². The molecule has 0 bridgehead atoms. The normalized spacial score (nSPS) is 17.9. The highest BCUT2D eigenvalue weighted by Crippen LogP contribution is 2.40. The third kappa shape index (κ3) is 3.36. The smallest absolute Gasteiger partial charge is 0.282 e. The predicted octanol–water partition coefficient (Wildman–Crippen LogP) is 3.19. The minimum atomic E-state index is -0.358. The first-order chi connectivity index (χ1) is 14.4. The molecule has 2 amide bonds. The highest BCUT2D eigenvalue weighted by molar-refractivity contribution is 6.46. The summed E-state index contributed by atoms with van der Waals surface area (Å²) in [5.41, 5.74) is 2.63. The van der Waals surface area contributed by atoms with Crippen molar-refractivity contribution in [3.05, 3.63) is 64.3 Å². The van der Waals surface area contributed by atoms with Crippen LogP contribution >= 0.6 is 11.6 Å². The van der Waals surface area contributed by atoms with Gasteiger partial charge in [-0.15, -0.1) is 0 Å². The lowest BCUT2D eigenvalue weighted by Crippen LogP contribution is -2.46. The molecule has 0 radical (unpaired) electrons. The number of benzene rings is 2. The molecule has 156 valence electrons. The summed E-state index contributed by atoms with van der Waals surface area (Å²) in [4.78, 5) is 32.8. The summed E-state index contributed by atoms with van der Waals surface area (Å²) in [5.74, 6) is -0.121. The number of para-hydroxylation sites is 1. The van der Waals surface area contributed by atoms with Crippen LogP contribution in [0.25, 0.3) is 5.57 Å². The molecule has 2 aromatic rings. The maximum Gasteiger partial charge on any atom is 0.282 e. The molecule has 0 aliphatic carbocycles. The second-order valence-electron chi connectivity index (χ2n) is 7.54. The Labute approximate surface area is 181 Å². The summed E-state index contributed by atoms with van der Waals surface area (Å²) in [6, 6.07) is 12.6. The number of imide groups is 1. The second-order valence-corrected chi connectivity index (χ2v) is 7.95. The van der Waals surface area contributed by atoms with Crippen LogP contribution in [-0.2, 0) is 9.59 Å². The van der Waals surface area contributed by atoms with Gasteiger partial charge in [0.05, 0.1) is 18.4 Å². The van der Waals surface area contributed by atoms with E-state index in [1.54, 1.807) is 31.4 Å². The average molecular weight is 426 g/mol. The minimum absolute atomic E-state index is 0.323. The Hall–Kier alpha value is -2.83. The van der Waals surface area contributed by atoms with E-state index < -0.39 is 0 Å². The summed E-state index contributed by atoms with van der Waals surface area (Å²) in [7, 11) is 3.62. The first-order valence-electron chi connectivity index (χ1n) is 9.89. The topological polar surface area (TPSA) is 53.1 Å². The Balaban J connectivity index is 1.88. The standard InChI is InChI=1S/C23H24ClN3O3/c1-15-17(24)8-6-9-18(15)27-22(28)20(16-7-4-5-10-19(16)30-3)21(23(27)29)26-13-11-25(2)12-14-26/h4-10H,11-14H2,1-3H3. The number of ether oxygens (including phenoxy) is 1. The number of piperazine rings is 1. The molecule has 0 aromatic heterocycles. The summed E-state index contributed by atoms with van der Waals surface area (Å²) in [6.07, 6.45) is 0. The van der Waals surface area contributed by atoms with Crippen LogP contribution in [-0.4, -0.2) is 62.0 Å². The Bertz CT molecular complexity index is 1040. The zero-order valence-corrected chi connectivity index (χ0v) is 18.1. The minimum Gasteiger partial charge on any atom is -0.496 e. The van der Waals surface area contributed by atoms with Crippen molar-refractivity contribution in [2.75, 3.05) is 45.2 Å². The molecule has 0 atom stereocenters. The highest BCUT2D eigenvalue weighted by atomic mass is 35.5. The van der Waals surface area contributed by atoms with Gasteiger partial charge in [-0.05, 0) is 37.7 Å². The van der Waals surface area contributed by atoms with Gasteiger partial charge in [0.15, 0.2) is 0 Å². The van der Waals surface area contributed by atoms with Crippen LogP contribution in [0.5, 0.6) is 5.75 Å². The van der Waals surface area contributed by atoms with Gasteiger partial charge in [-0.1, -0.05) is 35.9 Å². The summed E-state index contributed by atoms with van der Waals surface area (Å²) < 4.78 is 5.51. The van der Waals surface area contributed by atoms with Crippen molar-refractivity contribution in [3.8, 4) is 5.75 Å². The van der Waals surface area contributed by atoms with Crippen molar-refractivity contribution in [1.29, 1.82) is 0 Å². The quantitative estimate of drug-likeness (QED) is 0.704. The number of halogens is 1. The van der Waals surface area contributed by atoms with Crippen LogP contribution in [0.15, 0.2) is 48.2 Å². The number of methoxy groups -OCH3 is 1. The SMILES string of the molecule is COc1ccccc1C1=C(N2CCN(C)CC2)C(=O)N(c2cccc(Cl)c2C)C1=O. The van der Waals surface area contributed by atoms with E-state index in [1.165, 1.54) is 4.90 Å². The van der Waals surface area contributed by atoms with Crippen molar-refractivity contribution >= 4 is 34.7 Å². The second kappa shape index (κ2) is 8.13. The lowest BCUT2D eigenvalue weighted by Gasteiger charge is -2.34. The Morgan fingerprint density at radius 3 is 2.33 bits per heavy atom. The number of hydrogen-bond acceptors (Lipinski definition) is 5. The number of likely N-dealkylation sites (N-methyl/N-ethyl adjacent to an activating group) is 1. The fourth-order valence-corrected chi connectivity index (χ4v) is 4.16. The van der Waals surface area contributed by atoms with E-state index in [0.29, 0.717) is 51.9 Å². The van der Waals surface area contributed by atoms with Crippen LogP contribution in [0.3, 0.4) is 0 Å². The summed E-state index contributed by atoms with van der Waals surface area (Å²) in [5, 5.41) is 0.514. The maximum absolute atomic E-state index is 13.7. The van der Waals surface area contributed by atoms with E-state index in [1.807, 2.05) is 30.0 Å². The molecule has 2 heterocycles. The first-order valence-corrected chi connectivity index (χ1v) is 10.3. The van der Waals surface area contributed by atoms with Gasteiger partial charge in [-0.2, -0.15) is 0 Å². The predicted molar refractivity (Wildman–Crippen MR) is 118 cm³/mol. The molecule has 1 fully saturated rings. The number of amides is 2. The van der Waals surface area contributed by atoms with E-state index in [0.717, 1.165) is 13.1 Å². The van der Waals surface area contributed by atoms with Crippen LogP contribution in [0, 0.1) is 6.92 Å². The molecular formula is C23H24ClN3O3. The molecule has 2 aliphatic rings. The van der Waals surface area contributed by atoms with Gasteiger partial charge in [0.1, 0.15) is 11.4 Å². The van der Waals surface area contributed by atoms with Crippen LogP contribution in [0.4, 0.5) is 5.69 Å². The first kappa shape index (κ1) is 20.4. The van der Waals surface area contributed by atoms with Crippen molar-refractivity contribution in [2.45, 2.75) is 6.92 Å². The monoisotopic (exact) mass is 425 g/mol. The molecule has 30 heavy (non-hydrogen) atoms. The summed E-state index contributed by atoms with van der Waals surface area (Å²) in [6.45, 7) is 4.80. The van der Waals surface area contributed by atoms with Gasteiger partial charge in [-0.25, -0.2) is 4.90 Å². The van der Waals surface area contributed by atoms with Gasteiger partial charge in [-0.3, -0.25) is 9.59 Å². The molecule has 0 saturated carbocycles. The van der Waals surface area contributed by atoms with Gasteiger partial charge < -0.3 is 14.5 Å². The van der Waals surface area contributed by atoms with Gasteiger partial charge >= 0.3 is 0 Å². The number of nitrogens with zero attached hydrogens (tertiary/aromatic N) is 3. The Kier molecular flexibility index (Phi) is 5.54. The Morgan fingerprint density at radius 2 is 1.63 bits per heavy atom. The van der Waals surface area contributed by atoms with Gasteiger partial charge in [0.25, 0.3) is 11.8 Å². The van der Waals surface area contributed by atoms with E-state index in [4.69, 9.17) is 16.3 Å². The van der Waals surface area contributed by atoms with Gasteiger partial charge in [0.2, 0.25) is 0 Å². The zero-order valence-electron chi connectivity index (χ0n) is 17.3. The fourth-order valence-electron chi connectivity index (χ4n) is 3.99. The average Bonchev–Trinajstić information content (AvgIpc) is 3.01. The fraction of sp³-hybridized carbons (Fsp3) is 0.304. The lowest BCUT2D eigenvalue weighted by atomic mass is 10.0. The molecule has 4 rings (SSSR count). The maximum atomic E-state index is 13.7. The molecule has 0 spiro atoms. The van der Waals surface area contributed by atoms with E-state index in [9.17, 15) is 9.59 Å². The third-order valence-corrected chi connectivity index (χ3v) is 6.14. The van der Waals surface area contributed by atoms with Crippen LogP contribution in [0.2, 0.25) is 5.02 Å². The van der Waals surface area contributed by atoms with E-state index in [-0.39, 0.29) is 11.8 Å². The number of carbonyl (C=O) groups excluding carboxylic acids is 2. The number of anilines is 1. The molecule has 2 aromatic carbocycles. The molecule has 0 N–H and O–H groups in total. The van der Waals surface area contributed by atoms with Crippen LogP contribution < -0.4 is 9.64 Å².